The van der Waals surface area contributed by atoms with E-state index in [1.807, 2.05) is 13.0 Å². The second-order valence-corrected chi connectivity index (χ2v) is 6.42. The Morgan fingerprint density at radius 2 is 2.15 bits per heavy atom. The highest BCUT2D eigenvalue weighted by Crippen LogP contribution is 2.33. The molecule has 0 radical (unpaired) electrons. The van der Waals surface area contributed by atoms with Crippen LogP contribution in [0.15, 0.2) is 30.5 Å². The third-order valence-electron chi connectivity index (χ3n) is 4.30. The topological polar surface area (TPSA) is 80.1 Å². The van der Waals surface area contributed by atoms with Gasteiger partial charge in [0, 0.05) is 19.0 Å². The summed E-state index contributed by atoms with van der Waals surface area (Å²) >= 11 is 0. The van der Waals surface area contributed by atoms with E-state index in [2.05, 4.69) is 15.6 Å². The standard InChI is InChI=1S/C17H19F2N5O2/c1-11-4-3-5-12(6-11)16(26)24-10-17(18,19)7-13(24)8-23-9-14(21-22-23)15(25)20-2/h3-6,9,13H,7-8,10H2,1-2H3,(H,20,25)/t13-/m0/s1. The van der Waals surface area contributed by atoms with Gasteiger partial charge >= 0.3 is 0 Å². The van der Waals surface area contributed by atoms with E-state index < -0.39 is 36.7 Å². The molecule has 1 aliphatic heterocycles. The molecule has 2 heterocycles. The van der Waals surface area contributed by atoms with Gasteiger partial charge in [-0.25, -0.2) is 13.5 Å². The normalized spacial score (nSPS) is 18.8. The zero-order valence-electron chi connectivity index (χ0n) is 14.4. The van der Waals surface area contributed by atoms with Gasteiger partial charge in [0.05, 0.1) is 25.3 Å². The quantitative estimate of drug-likeness (QED) is 0.893. The number of halogens is 2. The van der Waals surface area contributed by atoms with E-state index in [1.165, 1.54) is 22.8 Å². The second-order valence-electron chi connectivity index (χ2n) is 6.42. The van der Waals surface area contributed by atoms with Crippen molar-refractivity contribution in [2.24, 2.45) is 0 Å². The van der Waals surface area contributed by atoms with Crippen molar-refractivity contribution >= 4 is 11.8 Å². The highest BCUT2D eigenvalue weighted by molar-refractivity contribution is 5.95. The highest BCUT2D eigenvalue weighted by atomic mass is 19.3. The van der Waals surface area contributed by atoms with Crippen LogP contribution in [0, 0.1) is 6.92 Å². The Morgan fingerprint density at radius 3 is 2.85 bits per heavy atom. The van der Waals surface area contributed by atoms with Gasteiger partial charge in [0.15, 0.2) is 5.69 Å². The molecule has 7 nitrogen and oxygen atoms in total. The molecule has 9 heteroatoms. The number of likely N-dealkylation sites (tertiary alicyclic amines) is 1. The molecule has 0 unspecified atom stereocenters. The van der Waals surface area contributed by atoms with Gasteiger partial charge in [-0.3, -0.25) is 9.59 Å². The molecule has 0 saturated carbocycles. The summed E-state index contributed by atoms with van der Waals surface area (Å²) in [5.41, 5.74) is 1.34. The first-order chi connectivity index (χ1) is 12.3. The second kappa shape index (κ2) is 6.81. The van der Waals surface area contributed by atoms with E-state index in [9.17, 15) is 18.4 Å². The minimum Gasteiger partial charge on any atom is -0.354 e. The van der Waals surface area contributed by atoms with Crippen molar-refractivity contribution in [1.29, 1.82) is 0 Å². The lowest BCUT2D eigenvalue weighted by molar-refractivity contribution is 0.0117. The van der Waals surface area contributed by atoms with Crippen LogP contribution in [-0.4, -0.2) is 57.3 Å². The van der Waals surface area contributed by atoms with Gasteiger partial charge in [-0.2, -0.15) is 0 Å². The van der Waals surface area contributed by atoms with E-state index in [4.69, 9.17) is 0 Å². The molecule has 2 amide bonds. The van der Waals surface area contributed by atoms with E-state index in [-0.39, 0.29) is 12.2 Å². The Bertz CT molecular complexity index is 836. The predicted octanol–water partition coefficient (Wildman–Crippen LogP) is 1.50. The molecular weight excluding hydrogens is 344 g/mol. The van der Waals surface area contributed by atoms with Crippen LogP contribution < -0.4 is 5.32 Å². The number of benzene rings is 1. The first kappa shape index (κ1) is 18.0. The summed E-state index contributed by atoms with van der Waals surface area (Å²) < 4.78 is 29.3. The Morgan fingerprint density at radius 1 is 1.38 bits per heavy atom. The SMILES string of the molecule is CNC(=O)c1cn(C[C@@H]2CC(F)(F)CN2C(=O)c2cccc(C)c2)nn1. The van der Waals surface area contributed by atoms with Gasteiger partial charge in [-0.15, -0.1) is 5.10 Å². The Hall–Kier alpha value is -2.84. The minimum absolute atomic E-state index is 0.0388. The van der Waals surface area contributed by atoms with Crippen molar-refractivity contribution in [3.63, 3.8) is 0 Å². The number of alkyl halides is 2. The molecule has 1 aromatic carbocycles. The molecule has 1 N–H and O–H groups in total. The lowest BCUT2D eigenvalue weighted by atomic mass is 10.1. The number of hydrogen-bond acceptors (Lipinski definition) is 4. The molecule has 1 aromatic heterocycles. The lowest BCUT2D eigenvalue weighted by Gasteiger charge is -2.24. The number of nitrogens with zero attached hydrogens (tertiary/aromatic N) is 4. The average molecular weight is 363 g/mol. The van der Waals surface area contributed by atoms with Crippen LogP contribution in [-0.2, 0) is 6.54 Å². The van der Waals surface area contributed by atoms with Crippen LogP contribution in [0.3, 0.4) is 0 Å². The summed E-state index contributed by atoms with van der Waals surface area (Å²) in [7, 11) is 1.46. The molecule has 138 valence electrons. The number of nitrogens with one attached hydrogen (secondary N) is 1. The minimum atomic E-state index is -2.96. The summed E-state index contributed by atoms with van der Waals surface area (Å²) in [6.45, 7) is 1.24. The number of carbonyl (C=O) groups is 2. The first-order valence-corrected chi connectivity index (χ1v) is 8.17. The molecule has 1 aliphatic rings. The molecule has 3 rings (SSSR count). The zero-order valence-corrected chi connectivity index (χ0v) is 14.4. The van der Waals surface area contributed by atoms with Crippen molar-refractivity contribution in [1.82, 2.24) is 25.2 Å². The Labute approximate surface area is 149 Å². The number of amides is 2. The number of carbonyl (C=O) groups excluding carboxylic acids is 2. The third-order valence-corrected chi connectivity index (χ3v) is 4.30. The van der Waals surface area contributed by atoms with E-state index >= 15 is 0 Å². The van der Waals surface area contributed by atoms with Crippen molar-refractivity contribution < 1.29 is 18.4 Å². The lowest BCUT2D eigenvalue weighted by Crippen LogP contribution is -2.38. The van der Waals surface area contributed by atoms with Gasteiger partial charge in [0.1, 0.15) is 0 Å². The van der Waals surface area contributed by atoms with Crippen molar-refractivity contribution in [2.45, 2.75) is 31.9 Å². The Kier molecular flexibility index (Phi) is 4.71. The molecule has 1 atom stereocenters. The molecule has 26 heavy (non-hydrogen) atoms. The van der Waals surface area contributed by atoms with Crippen molar-refractivity contribution in [2.75, 3.05) is 13.6 Å². The summed E-state index contributed by atoms with van der Waals surface area (Å²) in [5, 5.41) is 9.93. The number of aromatic nitrogens is 3. The number of rotatable bonds is 4. The monoisotopic (exact) mass is 363 g/mol. The van der Waals surface area contributed by atoms with Gasteiger partial charge in [0.25, 0.3) is 17.7 Å². The number of hydrogen-bond donors (Lipinski definition) is 1. The fourth-order valence-corrected chi connectivity index (χ4v) is 3.08. The summed E-state index contributed by atoms with van der Waals surface area (Å²) in [4.78, 5) is 25.5. The molecule has 1 fully saturated rings. The molecule has 2 aromatic rings. The van der Waals surface area contributed by atoms with Gasteiger partial charge in [-0.05, 0) is 19.1 Å². The van der Waals surface area contributed by atoms with Crippen molar-refractivity contribution in [3.8, 4) is 0 Å². The zero-order chi connectivity index (χ0) is 18.9. The smallest absolute Gasteiger partial charge is 0.273 e. The molecule has 1 saturated heterocycles. The van der Waals surface area contributed by atoms with Crippen molar-refractivity contribution in [3.05, 3.63) is 47.3 Å². The molecule has 0 aliphatic carbocycles. The summed E-state index contributed by atoms with van der Waals surface area (Å²) in [6.07, 6.45) is 0.921. The summed E-state index contributed by atoms with van der Waals surface area (Å²) in [6, 6.07) is 6.11. The summed E-state index contributed by atoms with van der Waals surface area (Å²) in [5.74, 6) is -3.82. The number of aryl methyl sites for hydroxylation is 1. The van der Waals surface area contributed by atoms with E-state index in [0.717, 1.165) is 5.56 Å². The predicted molar refractivity (Wildman–Crippen MR) is 89.0 cm³/mol. The fraction of sp³-hybridized carbons (Fsp3) is 0.412. The van der Waals surface area contributed by atoms with Crippen LogP contribution in [0.5, 0.6) is 0 Å². The van der Waals surface area contributed by atoms with Crippen LogP contribution in [0.1, 0.15) is 32.8 Å². The van der Waals surface area contributed by atoms with Crippen LogP contribution in [0.2, 0.25) is 0 Å². The van der Waals surface area contributed by atoms with Gasteiger partial charge in [-0.1, -0.05) is 22.9 Å². The maximum absolute atomic E-state index is 14.0. The van der Waals surface area contributed by atoms with Crippen LogP contribution in [0.4, 0.5) is 8.78 Å². The van der Waals surface area contributed by atoms with E-state index in [1.54, 1.807) is 18.2 Å². The largest absolute Gasteiger partial charge is 0.354 e. The van der Waals surface area contributed by atoms with E-state index in [0.29, 0.717) is 5.56 Å². The highest BCUT2D eigenvalue weighted by Gasteiger charge is 2.47. The fourth-order valence-electron chi connectivity index (χ4n) is 3.08. The van der Waals surface area contributed by atoms with Crippen LogP contribution >= 0.6 is 0 Å². The molecular formula is C17H19F2N5O2. The first-order valence-electron chi connectivity index (χ1n) is 8.17. The third kappa shape index (κ3) is 3.71. The average Bonchev–Trinajstić information content (AvgIpc) is 3.17. The van der Waals surface area contributed by atoms with Crippen LogP contribution in [0.25, 0.3) is 0 Å². The maximum atomic E-state index is 14.0. The molecule has 0 spiro atoms. The Balaban J connectivity index is 1.81. The van der Waals surface area contributed by atoms with Gasteiger partial charge in [0.2, 0.25) is 0 Å². The molecule has 0 bridgehead atoms. The van der Waals surface area contributed by atoms with Gasteiger partial charge < -0.3 is 10.2 Å². The maximum Gasteiger partial charge on any atom is 0.273 e.